The van der Waals surface area contributed by atoms with Crippen molar-refractivity contribution in [2.75, 3.05) is 13.1 Å². The first kappa shape index (κ1) is 15.6. The number of aliphatic hydroxyl groups excluding tert-OH is 1. The zero-order valence-electron chi connectivity index (χ0n) is 14.0. The molecule has 1 aliphatic rings. The number of aryl methyl sites for hydroxylation is 1. The molecule has 3 heteroatoms. The third kappa shape index (κ3) is 2.92. The molecule has 1 aromatic carbocycles. The molecule has 2 aromatic rings. The van der Waals surface area contributed by atoms with Gasteiger partial charge >= 0.3 is 0 Å². The smallest absolute Gasteiger partial charge is 0.0845 e. The maximum Gasteiger partial charge on any atom is 0.0845 e. The topological polar surface area (TPSA) is 28.4 Å². The van der Waals surface area contributed by atoms with Gasteiger partial charge in [0, 0.05) is 29.2 Å². The number of likely N-dealkylation sites (tertiary alicyclic amines) is 1. The van der Waals surface area contributed by atoms with Crippen molar-refractivity contribution in [2.24, 2.45) is 0 Å². The molecule has 3 nitrogen and oxygen atoms in total. The van der Waals surface area contributed by atoms with Crippen LogP contribution in [-0.4, -0.2) is 39.8 Å². The zero-order valence-corrected chi connectivity index (χ0v) is 14.0. The standard InChI is InChI=1S/C19H28N2O/c1-14-8-6-7-11-20(14)12-17(22)13-21-16(3)15(2)18-9-4-5-10-19(18)21/h4-5,9-10,14,17,22H,6-8,11-13H2,1-3H3/t14-,17-/m1/s1. The van der Waals surface area contributed by atoms with Gasteiger partial charge in [-0.3, -0.25) is 4.90 Å². The van der Waals surface area contributed by atoms with Crippen LogP contribution in [0.25, 0.3) is 10.9 Å². The lowest BCUT2D eigenvalue weighted by atomic mass is 10.0. The first-order chi connectivity index (χ1) is 10.6. The minimum absolute atomic E-state index is 0.311. The van der Waals surface area contributed by atoms with Crippen molar-refractivity contribution in [2.45, 2.75) is 58.7 Å². The van der Waals surface area contributed by atoms with Crippen molar-refractivity contribution in [1.82, 2.24) is 9.47 Å². The fourth-order valence-electron chi connectivity index (χ4n) is 3.81. The van der Waals surface area contributed by atoms with E-state index in [1.165, 1.54) is 41.4 Å². The molecule has 2 heterocycles. The van der Waals surface area contributed by atoms with E-state index < -0.39 is 0 Å². The molecule has 0 spiro atoms. The maximum absolute atomic E-state index is 10.6. The molecule has 2 atom stereocenters. The van der Waals surface area contributed by atoms with Gasteiger partial charge in [-0.1, -0.05) is 24.6 Å². The first-order valence-electron chi connectivity index (χ1n) is 8.54. The number of aliphatic hydroxyl groups is 1. The average Bonchev–Trinajstić information content (AvgIpc) is 2.75. The Hall–Kier alpha value is -1.32. The predicted molar refractivity (Wildman–Crippen MR) is 92.3 cm³/mol. The van der Waals surface area contributed by atoms with E-state index in [1.54, 1.807) is 0 Å². The Kier molecular flexibility index (Phi) is 4.55. The van der Waals surface area contributed by atoms with Gasteiger partial charge < -0.3 is 9.67 Å². The molecule has 1 fully saturated rings. The molecule has 1 aliphatic heterocycles. The van der Waals surface area contributed by atoms with Crippen molar-refractivity contribution in [1.29, 1.82) is 0 Å². The summed E-state index contributed by atoms with van der Waals surface area (Å²) >= 11 is 0. The van der Waals surface area contributed by atoms with Crippen LogP contribution in [-0.2, 0) is 6.54 Å². The van der Waals surface area contributed by atoms with E-state index in [0.717, 1.165) is 13.1 Å². The number of β-amino-alcohol motifs (C(OH)–C–C–N with tert-alkyl or cyclic N) is 1. The second-order valence-electron chi connectivity index (χ2n) is 6.83. The molecule has 1 saturated heterocycles. The van der Waals surface area contributed by atoms with E-state index in [-0.39, 0.29) is 6.10 Å². The van der Waals surface area contributed by atoms with Crippen LogP contribution in [0.4, 0.5) is 0 Å². The Labute approximate surface area is 133 Å². The molecule has 0 bridgehead atoms. The minimum atomic E-state index is -0.311. The van der Waals surface area contributed by atoms with Gasteiger partial charge in [0.25, 0.3) is 0 Å². The number of aromatic nitrogens is 1. The number of para-hydroxylation sites is 1. The summed E-state index contributed by atoms with van der Waals surface area (Å²) in [6, 6.07) is 9.10. The Balaban J connectivity index is 1.76. The van der Waals surface area contributed by atoms with Crippen molar-refractivity contribution in [3.63, 3.8) is 0 Å². The van der Waals surface area contributed by atoms with Crippen LogP contribution >= 0.6 is 0 Å². The summed E-state index contributed by atoms with van der Waals surface area (Å²) in [6.45, 7) is 9.21. The molecular formula is C19H28N2O. The normalized spacial score (nSPS) is 21.4. The lowest BCUT2D eigenvalue weighted by Gasteiger charge is -2.34. The van der Waals surface area contributed by atoms with E-state index in [9.17, 15) is 5.11 Å². The molecule has 1 N–H and O–H groups in total. The van der Waals surface area contributed by atoms with Crippen LogP contribution in [0, 0.1) is 13.8 Å². The molecule has 0 radical (unpaired) electrons. The lowest BCUT2D eigenvalue weighted by molar-refractivity contribution is 0.0641. The van der Waals surface area contributed by atoms with Gasteiger partial charge in [-0.25, -0.2) is 0 Å². The van der Waals surface area contributed by atoms with Gasteiger partial charge in [0.1, 0.15) is 0 Å². The lowest BCUT2D eigenvalue weighted by Crippen LogP contribution is -2.43. The van der Waals surface area contributed by atoms with E-state index in [4.69, 9.17) is 0 Å². The summed E-state index contributed by atoms with van der Waals surface area (Å²) in [5.41, 5.74) is 3.84. The fraction of sp³-hybridized carbons (Fsp3) is 0.579. The summed E-state index contributed by atoms with van der Waals surface area (Å²) in [7, 11) is 0. The molecule has 0 aliphatic carbocycles. The number of hydrogen-bond acceptors (Lipinski definition) is 2. The monoisotopic (exact) mass is 300 g/mol. The van der Waals surface area contributed by atoms with Gasteiger partial charge in [-0.15, -0.1) is 0 Å². The van der Waals surface area contributed by atoms with Crippen molar-refractivity contribution >= 4 is 10.9 Å². The molecule has 3 rings (SSSR count). The third-order valence-corrected chi connectivity index (χ3v) is 5.33. The number of fused-ring (bicyclic) bond motifs is 1. The fourth-order valence-corrected chi connectivity index (χ4v) is 3.81. The molecular weight excluding hydrogens is 272 g/mol. The molecule has 1 aromatic heterocycles. The summed E-state index contributed by atoms with van der Waals surface area (Å²) < 4.78 is 2.28. The highest BCUT2D eigenvalue weighted by atomic mass is 16.3. The Bertz CT molecular complexity index is 646. The predicted octanol–water partition coefficient (Wildman–Crippen LogP) is 3.49. The second-order valence-corrected chi connectivity index (χ2v) is 6.83. The van der Waals surface area contributed by atoms with Gasteiger partial charge in [-0.2, -0.15) is 0 Å². The first-order valence-corrected chi connectivity index (χ1v) is 8.54. The molecule has 0 saturated carbocycles. The van der Waals surface area contributed by atoms with E-state index in [2.05, 4.69) is 54.5 Å². The second kappa shape index (κ2) is 6.43. The van der Waals surface area contributed by atoms with Gasteiger partial charge in [0.2, 0.25) is 0 Å². The number of nitrogens with zero attached hydrogens (tertiary/aromatic N) is 2. The van der Waals surface area contributed by atoms with Crippen LogP contribution in [0.5, 0.6) is 0 Å². The van der Waals surface area contributed by atoms with E-state index in [0.29, 0.717) is 12.6 Å². The Morgan fingerprint density at radius 3 is 2.73 bits per heavy atom. The van der Waals surface area contributed by atoms with Crippen molar-refractivity contribution in [3.05, 3.63) is 35.5 Å². The maximum atomic E-state index is 10.6. The summed E-state index contributed by atoms with van der Waals surface area (Å²) in [4.78, 5) is 2.45. The number of benzene rings is 1. The summed E-state index contributed by atoms with van der Waals surface area (Å²) in [5.74, 6) is 0. The highest BCUT2D eigenvalue weighted by molar-refractivity contribution is 5.85. The minimum Gasteiger partial charge on any atom is -0.390 e. The van der Waals surface area contributed by atoms with Crippen molar-refractivity contribution in [3.8, 4) is 0 Å². The van der Waals surface area contributed by atoms with Crippen LogP contribution in [0.15, 0.2) is 24.3 Å². The Morgan fingerprint density at radius 1 is 1.18 bits per heavy atom. The highest BCUT2D eigenvalue weighted by Gasteiger charge is 2.22. The van der Waals surface area contributed by atoms with Gasteiger partial charge in [-0.05, 0) is 51.8 Å². The molecule has 0 unspecified atom stereocenters. The van der Waals surface area contributed by atoms with Crippen molar-refractivity contribution < 1.29 is 5.11 Å². The van der Waals surface area contributed by atoms with Crippen LogP contribution < -0.4 is 0 Å². The molecule has 120 valence electrons. The zero-order chi connectivity index (χ0) is 15.7. The number of rotatable bonds is 4. The highest BCUT2D eigenvalue weighted by Crippen LogP contribution is 2.25. The van der Waals surface area contributed by atoms with Crippen LogP contribution in [0.2, 0.25) is 0 Å². The van der Waals surface area contributed by atoms with E-state index >= 15 is 0 Å². The summed E-state index contributed by atoms with van der Waals surface area (Å²) in [6.07, 6.45) is 3.54. The van der Waals surface area contributed by atoms with Gasteiger partial charge in [0.05, 0.1) is 12.6 Å². The molecule has 0 amide bonds. The number of piperidine rings is 1. The van der Waals surface area contributed by atoms with E-state index in [1.807, 2.05) is 0 Å². The number of hydrogen-bond donors (Lipinski definition) is 1. The quantitative estimate of drug-likeness (QED) is 0.936. The Morgan fingerprint density at radius 2 is 1.95 bits per heavy atom. The van der Waals surface area contributed by atoms with Crippen LogP contribution in [0.3, 0.4) is 0 Å². The average molecular weight is 300 g/mol. The SMILES string of the molecule is Cc1c(C)n(C[C@H](O)CN2CCCC[C@H]2C)c2ccccc12. The summed E-state index contributed by atoms with van der Waals surface area (Å²) in [5, 5.41) is 11.9. The van der Waals surface area contributed by atoms with Crippen LogP contribution in [0.1, 0.15) is 37.4 Å². The third-order valence-electron chi connectivity index (χ3n) is 5.33. The largest absolute Gasteiger partial charge is 0.390 e. The molecule has 22 heavy (non-hydrogen) atoms. The van der Waals surface area contributed by atoms with Gasteiger partial charge in [0.15, 0.2) is 0 Å².